The average molecular weight is 318 g/mol. The van der Waals surface area contributed by atoms with E-state index in [-0.39, 0.29) is 11.5 Å². The van der Waals surface area contributed by atoms with Crippen LogP contribution in [0.15, 0.2) is 10.5 Å². The van der Waals surface area contributed by atoms with Gasteiger partial charge in [-0.1, -0.05) is 0 Å². The number of hydrogen-bond donors (Lipinski definition) is 2. The Bertz CT molecular complexity index is 433. The van der Waals surface area contributed by atoms with Gasteiger partial charge in [0.05, 0.1) is 11.6 Å². The van der Waals surface area contributed by atoms with Crippen molar-refractivity contribution in [3.8, 4) is 11.5 Å². The number of halogens is 2. The van der Waals surface area contributed by atoms with Crippen molar-refractivity contribution in [3.05, 3.63) is 21.9 Å². The topological polar surface area (TPSA) is 41.5 Å². The predicted octanol–water partition coefficient (Wildman–Crippen LogP) is 2.84. The number of rotatable bonds is 3. The van der Waals surface area contributed by atoms with Crippen LogP contribution >= 0.6 is 15.9 Å². The molecule has 100 valence electrons. The fourth-order valence-corrected chi connectivity index (χ4v) is 2.82. The molecule has 2 N–H and O–H groups in total. The lowest BCUT2D eigenvalue weighted by atomic mass is 9.90. The van der Waals surface area contributed by atoms with Gasteiger partial charge in [-0.2, -0.15) is 0 Å². The third-order valence-electron chi connectivity index (χ3n) is 3.42. The fourth-order valence-electron chi connectivity index (χ4n) is 2.36. The zero-order valence-electron chi connectivity index (χ0n) is 10.3. The first-order valence-electron chi connectivity index (χ1n) is 6.08. The molecule has 1 heterocycles. The first-order chi connectivity index (χ1) is 8.63. The molecule has 0 radical (unpaired) electrons. The van der Waals surface area contributed by atoms with Crippen LogP contribution in [0, 0.1) is 11.7 Å². The lowest BCUT2D eigenvalue weighted by molar-refractivity contribution is 0.348. The van der Waals surface area contributed by atoms with Gasteiger partial charge in [0, 0.05) is 11.6 Å². The molecule has 1 saturated heterocycles. The molecule has 1 aromatic rings. The van der Waals surface area contributed by atoms with E-state index in [9.17, 15) is 9.50 Å². The van der Waals surface area contributed by atoms with Gasteiger partial charge in [-0.25, -0.2) is 4.39 Å². The van der Waals surface area contributed by atoms with E-state index < -0.39 is 5.82 Å². The highest BCUT2D eigenvalue weighted by Crippen LogP contribution is 2.39. The lowest BCUT2D eigenvalue weighted by Gasteiger charge is -2.23. The van der Waals surface area contributed by atoms with E-state index >= 15 is 0 Å². The summed E-state index contributed by atoms with van der Waals surface area (Å²) in [7, 11) is 1.43. The molecule has 1 aliphatic heterocycles. The Balaban J connectivity index is 2.27. The Labute approximate surface area is 114 Å². The summed E-state index contributed by atoms with van der Waals surface area (Å²) in [4.78, 5) is 0. The first-order valence-corrected chi connectivity index (χ1v) is 6.87. The number of aromatic hydroxyl groups is 1. The second-order valence-corrected chi connectivity index (χ2v) is 5.39. The second kappa shape index (κ2) is 5.89. The predicted molar refractivity (Wildman–Crippen MR) is 71.6 cm³/mol. The molecule has 0 atom stereocenters. The second-order valence-electron chi connectivity index (χ2n) is 4.60. The monoisotopic (exact) mass is 317 g/mol. The zero-order chi connectivity index (χ0) is 13.1. The van der Waals surface area contributed by atoms with Crippen molar-refractivity contribution < 1.29 is 14.2 Å². The smallest absolute Gasteiger partial charge is 0.163 e. The van der Waals surface area contributed by atoms with E-state index in [1.807, 2.05) is 0 Å². The van der Waals surface area contributed by atoms with Gasteiger partial charge in [0.15, 0.2) is 11.5 Å². The summed E-state index contributed by atoms with van der Waals surface area (Å²) in [5.74, 6) is 0.317. The first kappa shape index (κ1) is 13.6. The zero-order valence-corrected chi connectivity index (χ0v) is 11.9. The Kier molecular flexibility index (Phi) is 4.45. The van der Waals surface area contributed by atoms with Gasteiger partial charge in [0.25, 0.3) is 0 Å². The van der Waals surface area contributed by atoms with E-state index in [4.69, 9.17) is 4.74 Å². The Morgan fingerprint density at radius 3 is 2.78 bits per heavy atom. The van der Waals surface area contributed by atoms with Crippen molar-refractivity contribution in [2.75, 3.05) is 20.2 Å². The number of piperidine rings is 1. The SMILES string of the molecule is COc1cc(F)c(Br)c(CC2CCNCC2)c1O. The summed E-state index contributed by atoms with van der Waals surface area (Å²) >= 11 is 3.22. The van der Waals surface area contributed by atoms with Crippen LogP contribution in [0.25, 0.3) is 0 Å². The highest BCUT2D eigenvalue weighted by Gasteiger charge is 2.21. The molecule has 2 rings (SSSR count). The van der Waals surface area contributed by atoms with Crippen LogP contribution in [0.5, 0.6) is 11.5 Å². The lowest BCUT2D eigenvalue weighted by Crippen LogP contribution is -2.28. The summed E-state index contributed by atoms with van der Waals surface area (Å²) in [6.07, 6.45) is 2.76. The Morgan fingerprint density at radius 1 is 1.50 bits per heavy atom. The van der Waals surface area contributed by atoms with Crippen molar-refractivity contribution in [1.29, 1.82) is 0 Å². The van der Waals surface area contributed by atoms with Crippen molar-refractivity contribution in [2.45, 2.75) is 19.3 Å². The van der Waals surface area contributed by atoms with Crippen LogP contribution < -0.4 is 10.1 Å². The van der Waals surface area contributed by atoms with Crippen LogP contribution in [-0.2, 0) is 6.42 Å². The summed E-state index contributed by atoms with van der Waals surface area (Å²) < 4.78 is 19.0. The molecular weight excluding hydrogens is 301 g/mol. The third kappa shape index (κ3) is 2.78. The molecule has 0 unspecified atom stereocenters. The highest BCUT2D eigenvalue weighted by atomic mass is 79.9. The van der Waals surface area contributed by atoms with E-state index in [1.54, 1.807) is 0 Å². The molecule has 5 heteroatoms. The number of ether oxygens (including phenoxy) is 1. The molecule has 0 amide bonds. The molecule has 0 bridgehead atoms. The number of hydrogen-bond acceptors (Lipinski definition) is 3. The molecule has 0 spiro atoms. The average Bonchev–Trinajstić information content (AvgIpc) is 2.40. The molecular formula is C13H17BrFNO2. The third-order valence-corrected chi connectivity index (χ3v) is 4.28. The fraction of sp³-hybridized carbons (Fsp3) is 0.538. The summed E-state index contributed by atoms with van der Waals surface area (Å²) in [5, 5.41) is 13.4. The molecule has 1 aromatic carbocycles. The number of phenolic OH excluding ortho intramolecular Hbond substituents is 1. The molecule has 0 saturated carbocycles. The van der Waals surface area contributed by atoms with Gasteiger partial charge in [-0.15, -0.1) is 0 Å². The maximum atomic E-state index is 13.7. The minimum absolute atomic E-state index is 0.0457. The molecule has 0 aromatic heterocycles. The summed E-state index contributed by atoms with van der Waals surface area (Å²) in [6.45, 7) is 1.96. The normalized spacial score (nSPS) is 16.8. The Morgan fingerprint density at radius 2 is 2.17 bits per heavy atom. The molecule has 1 fully saturated rings. The number of nitrogens with one attached hydrogen (secondary N) is 1. The molecule has 0 aliphatic carbocycles. The standard InChI is InChI=1S/C13H17BrFNO2/c1-18-11-7-10(15)12(14)9(13(11)17)6-8-2-4-16-5-3-8/h7-8,16-17H,2-6H2,1H3. The number of phenols is 1. The van der Waals surface area contributed by atoms with Crippen molar-refractivity contribution >= 4 is 15.9 Å². The summed E-state index contributed by atoms with van der Waals surface area (Å²) in [5.41, 5.74) is 0.610. The van der Waals surface area contributed by atoms with Gasteiger partial charge < -0.3 is 15.2 Å². The van der Waals surface area contributed by atoms with Gasteiger partial charge in [-0.05, 0) is 54.2 Å². The van der Waals surface area contributed by atoms with Gasteiger partial charge in [-0.3, -0.25) is 0 Å². The maximum absolute atomic E-state index is 13.7. The number of methoxy groups -OCH3 is 1. The molecule has 3 nitrogen and oxygen atoms in total. The van der Waals surface area contributed by atoms with Gasteiger partial charge >= 0.3 is 0 Å². The van der Waals surface area contributed by atoms with Crippen molar-refractivity contribution in [2.24, 2.45) is 5.92 Å². The van der Waals surface area contributed by atoms with Crippen LogP contribution in [0.3, 0.4) is 0 Å². The number of benzene rings is 1. The minimum Gasteiger partial charge on any atom is -0.504 e. The van der Waals surface area contributed by atoms with Crippen molar-refractivity contribution in [3.63, 3.8) is 0 Å². The van der Waals surface area contributed by atoms with Crippen LogP contribution in [-0.4, -0.2) is 25.3 Å². The van der Waals surface area contributed by atoms with E-state index in [0.717, 1.165) is 25.9 Å². The van der Waals surface area contributed by atoms with Crippen LogP contribution in [0.4, 0.5) is 4.39 Å². The van der Waals surface area contributed by atoms with Crippen molar-refractivity contribution in [1.82, 2.24) is 5.32 Å². The van der Waals surface area contributed by atoms with Crippen LogP contribution in [0.1, 0.15) is 18.4 Å². The summed E-state index contributed by atoms with van der Waals surface area (Å²) in [6, 6.07) is 1.20. The highest BCUT2D eigenvalue weighted by molar-refractivity contribution is 9.10. The molecule has 18 heavy (non-hydrogen) atoms. The van der Waals surface area contributed by atoms with Gasteiger partial charge in [0.1, 0.15) is 5.82 Å². The van der Waals surface area contributed by atoms with E-state index in [0.29, 0.717) is 22.4 Å². The largest absolute Gasteiger partial charge is 0.504 e. The van der Waals surface area contributed by atoms with E-state index in [1.165, 1.54) is 13.2 Å². The van der Waals surface area contributed by atoms with Crippen LogP contribution in [0.2, 0.25) is 0 Å². The minimum atomic E-state index is -0.395. The van der Waals surface area contributed by atoms with Gasteiger partial charge in [0.2, 0.25) is 0 Å². The quantitative estimate of drug-likeness (QED) is 0.900. The molecule has 1 aliphatic rings. The Hall–Kier alpha value is -0.810. The van der Waals surface area contributed by atoms with E-state index in [2.05, 4.69) is 21.2 Å². The maximum Gasteiger partial charge on any atom is 0.163 e.